The van der Waals surface area contributed by atoms with E-state index in [9.17, 15) is 14.0 Å². The molecule has 0 saturated carbocycles. The van der Waals surface area contributed by atoms with Crippen LogP contribution < -0.4 is 15.4 Å². The molecule has 8 nitrogen and oxygen atoms in total. The van der Waals surface area contributed by atoms with Gasteiger partial charge in [0.2, 0.25) is 5.91 Å². The standard InChI is InChI=1S/C17H17FN4O4/c1-9(15(19)23)14-8-22(17(24)26-14)11-3-4-12(13(18)5-11)10-6-20-16(25-2)21-7-10/h3-7,9,14H,8H2,1-2H3,(H2,19,23)/t9-,14?/m0/s1. The van der Waals surface area contributed by atoms with Gasteiger partial charge >= 0.3 is 12.1 Å². The maximum absolute atomic E-state index is 14.5. The van der Waals surface area contributed by atoms with Gasteiger partial charge < -0.3 is 15.2 Å². The lowest BCUT2D eigenvalue weighted by molar-refractivity contribution is -0.123. The number of primary amides is 1. The number of halogens is 1. The predicted molar refractivity (Wildman–Crippen MR) is 90.0 cm³/mol. The molecule has 1 fully saturated rings. The minimum Gasteiger partial charge on any atom is -0.467 e. The molecule has 1 aliphatic heterocycles. The van der Waals surface area contributed by atoms with Crippen molar-refractivity contribution in [3.8, 4) is 17.1 Å². The Balaban J connectivity index is 1.83. The molecule has 1 saturated heterocycles. The van der Waals surface area contributed by atoms with Crippen molar-refractivity contribution in [3.63, 3.8) is 0 Å². The molecule has 2 heterocycles. The number of hydrogen-bond acceptors (Lipinski definition) is 6. The van der Waals surface area contributed by atoms with Crippen LogP contribution in [0.3, 0.4) is 0 Å². The van der Waals surface area contributed by atoms with E-state index in [1.807, 2.05) is 0 Å². The second kappa shape index (κ2) is 6.95. The number of carbonyl (C=O) groups excluding carboxylic acids is 2. The van der Waals surface area contributed by atoms with E-state index < -0.39 is 29.8 Å². The topological polar surface area (TPSA) is 108 Å². The summed E-state index contributed by atoms with van der Waals surface area (Å²) in [5.41, 5.74) is 6.32. The summed E-state index contributed by atoms with van der Waals surface area (Å²) in [5, 5.41) is 0. The summed E-state index contributed by atoms with van der Waals surface area (Å²) in [4.78, 5) is 32.5. The zero-order chi connectivity index (χ0) is 18.8. The predicted octanol–water partition coefficient (Wildman–Crippen LogP) is 1.74. The van der Waals surface area contributed by atoms with E-state index in [1.165, 1.54) is 36.5 Å². The van der Waals surface area contributed by atoms with E-state index >= 15 is 0 Å². The van der Waals surface area contributed by atoms with Gasteiger partial charge in [-0.3, -0.25) is 9.69 Å². The van der Waals surface area contributed by atoms with Crippen molar-refractivity contribution in [2.45, 2.75) is 13.0 Å². The number of ether oxygens (including phenoxy) is 2. The second-order valence-electron chi connectivity index (χ2n) is 5.85. The lowest BCUT2D eigenvalue weighted by Crippen LogP contribution is -2.34. The zero-order valence-corrected chi connectivity index (χ0v) is 14.2. The number of anilines is 1. The van der Waals surface area contributed by atoms with Crippen molar-refractivity contribution in [1.29, 1.82) is 0 Å². The molecule has 1 aromatic heterocycles. The first-order chi connectivity index (χ1) is 12.4. The maximum Gasteiger partial charge on any atom is 0.414 e. The fourth-order valence-corrected chi connectivity index (χ4v) is 2.61. The third-order valence-corrected chi connectivity index (χ3v) is 4.23. The summed E-state index contributed by atoms with van der Waals surface area (Å²) < 4.78 is 24.6. The minimum atomic E-state index is -0.669. The lowest BCUT2D eigenvalue weighted by atomic mass is 10.0. The average Bonchev–Trinajstić information content (AvgIpc) is 3.02. The molecule has 0 radical (unpaired) electrons. The van der Waals surface area contributed by atoms with Crippen LogP contribution in [0.15, 0.2) is 30.6 Å². The van der Waals surface area contributed by atoms with Gasteiger partial charge in [0.25, 0.3) is 0 Å². The second-order valence-corrected chi connectivity index (χ2v) is 5.85. The van der Waals surface area contributed by atoms with Crippen LogP contribution in [0.4, 0.5) is 14.9 Å². The molecule has 3 rings (SSSR count). The molecule has 1 unspecified atom stereocenters. The Morgan fingerprint density at radius 1 is 1.42 bits per heavy atom. The third-order valence-electron chi connectivity index (χ3n) is 4.23. The molecule has 2 atom stereocenters. The van der Waals surface area contributed by atoms with Crippen molar-refractivity contribution >= 4 is 17.7 Å². The van der Waals surface area contributed by atoms with Crippen LogP contribution in [0.1, 0.15) is 6.92 Å². The molecule has 0 bridgehead atoms. The van der Waals surface area contributed by atoms with Gasteiger partial charge in [-0.25, -0.2) is 19.2 Å². The van der Waals surface area contributed by atoms with Crippen molar-refractivity contribution < 1.29 is 23.5 Å². The SMILES string of the molecule is COc1ncc(-c2ccc(N3CC([C@H](C)C(N)=O)OC3=O)cc2F)cn1. The number of nitrogens with two attached hydrogens (primary N) is 1. The Morgan fingerprint density at radius 2 is 2.12 bits per heavy atom. The monoisotopic (exact) mass is 360 g/mol. The number of cyclic esters (lactones) is 1. The van der Waals surface area contributed by atoms with Crippen LogP contribution in [0.5, 0.6) is 6.01 Å². The Hall–Kier alpha value is -3.23. The van der Waals surface area contributed by atoms with Crippen molar-refractivity contribution in [2.75, 3.05) is 18.6 Å². The molecule has 0 aliphatic carbocycles. The molecule has 1 aliphatic rings. The number of aromatic nitrogens is 2. The lowest BCUT2D eigenvalue weighted by Gasteiger charge is -2.15. The maximum atomic E-state index is 14.5. The Morgan fingerprint density at radius 3 is 2.69 bits per heavy atom. The fraction of sp³-hybridized carbons (Fsp3) is 0.294. The van der Waals surface area contributed by atoms with Crippen LogP contribution in [0.2, 0.25) is 0 Å². The average molecular weight is 360 g/mol. The van der Waals surface area contributed by atoms with Gasteiger partial charge in [-0.05, 0) is 25.1 Å². The summed E-state index contributed by atoms with van der Waals surface area (Å²) in [6, 6.07) is 4.51. The summed E-state index contributed by atoms with van der Waals surface area (Å²) >= 11 is 0. The number of amides is 2. The highest BCUT2D eigenvalue weighted by atomic mass is 19.1. The molecule has 0 spiro atoms. The van der Waals surface area contributed by atoms with Crippen LogP contribution in [0, 0.1) is 11.7 Å². The molecule has 2 N–H and O–H groups in total. The molecular weight excluding hydrogens is 343 g/mol. The van der Waals surface area contributed by atoms with Gasteiger partial charge in [0.15, 0.2) is 0 Å². The normalized spacial score (nSPS) is 17.7. The Kier molecular flexibility index (Phi) is 4.70. The van der Waals surface area contributed by atoms with Gasteiger partial charge in [0.1, 0.15) is 11.9 Å². The summed E-state index contributed by atoms with van der Waals surface area (Å²) in [6.07, 6.45) is 1.57. The minimum absolute atomic E-state index is 0.118. The third kappa shape index (κ3) is 3.28. The molecule has 9 heteroatoms. The van der Waals surface area contributed by atoms with E-state index in [1.54, 1.807) is 13.0 Å². The van der Waals surface area contributed by atoms with Crippen LogP contribution in [0.25, 0.3) is 11.1 Å². The highest BCUT2D eigenvalue weighted by Gasteiger charge is 2.37. The molecule has 2 amide bonds. The number of carbonyl (C=O) groups is 2. The molecule has 2 aromatic rings. The van der Waals surface area contributed by atoms with E-state index in [0.29, 0.717) is 11.3 Å². The smallest absolute Gasteiger partial charge is 0.414 e. The van der Waals surface area contributed by atoms with Gasteiger partial charge in [-0.2, -0.15) is 0 Å². The first-order valence-corrected chi connectivity index (χ1v) is 7.84. The quantitative estimate of drug-likeness (QED) is 0.870. The number of methoxy groups -OCH3 is 1. The van der Waals surface area contributed by atoms with E-state index in [2.05, 4.69) is 9.97 Å². The molecule has 136 valence electrons. The molecular formula is C17H17FN4O4. The largest absolute Gasteiger partial charge is 0.467 e. The van der Waals surface area contributed by atoms with Crippen LogP contribution in [-0.2, 0) is 9.53 Å². The van der Waals surface area contributed by atoms with Gasteiger partial charge in [0, 0.05) is 23.5 Å². The van der Waals surface area contributed by atoms with Gasteiger partial charge in [-0.15, -0.1) is 0 Å². The fourth-order valence-electron chi connectivity index (χ4n) is 2.61. The van der Waals surface area contributed by atoms with Crippen LogP contribution >= 0.6 is 0 Å². The summed E-state index contributed by atoms with van der Waals surface area (Å²) in [7, 11) is 1.44. The summed E-state index contributed by atoms with van der Waals surface area (Å²) in [6.45, 7) is 1.70. The van der Waals surface area contributed by atoms with Crippen molar-refractivity contribution in [1.82, 2.24) is 9.97 Å². The van der Waals surface area contributed by atoms with Crippen LogP contribution in [-0.4, -0.2) is 41.7 Å². The van der Waals surface area contributed by atoms with E-state index in [0.717, 1.165) is 0 Å². The van der Waals surface area contributed by atoms with E-state index in [4.69, 9.17) is 15.2 Å². The Labute approximate surface area is 148 Å². The summed E-state index contributed by atoms with van der Waals surface area (Å²) in [5.74, 6) is -1.74. The first-order valence-electron chi connectivity index (χ1n) is 7.84. The first kappa shape index (κ1) is 17.6. The van der Waals surface area contributed by atoms with Gasteiger partial charge in [-0.1, -0.05) is 0 Å². The Bertz CT molecular complexity index is 843. The number of benzene rings is 1. The van der Waals surface area contributed by atoms with Gasteiger partial charge in [0.05, 0.1) is 25.3 Å². The highest BCUT2D eigenvalue weighted by Crippen LogP contribution is 2.30. The van der Waals surface area contributed by atoms with E-state index in [-0.39, 0.29) is 18.1 Å². The van der Waals surface area contributed by atoms with Crippen molar-refractivity contribution in [3.05, 3.63) is 36.4 Å². The van der Waals surface area contributed by atoms with Crippen molar-refractivity contribution in [2.24, 2.45) is 11.7 Å². The number of rotatable bonds is 5. The molecule has 1 aromatic carbocycles. The number of hydrogen-bond donors (Lipinski definition) is 1. The number of nitrogens with zero attached hydrogens (tertiary/aromatic N) is 3. The highest BCUT2D eigenvalue weighted by molar-refractivity contribution is 5.91. The zero-order valence-electron chi connectivity index (χ0n) is 14.2. The molecule has 26 heavy (non-hydrogen) atoms.